The molecule has 0 spiro atoms. The number of carbonyl (C=O) groups is 2. The lowest BCUT2D eigenvalue weighted by Crippen LogP contribution is -2.29. The first kappa shape index (κ1) is 15.2. The lowest BCUT2D eigenvalue weighted by Gasteiger charge is -2.20. The van der Waals surface area contributed by atoms with Gasteiger partial charge in [-0.2, -0.15) is 0 Å². The number of hydrogen-bond acceptors (Lipinski definition) is 2. The van der Waals surface area contributed by atoms with Gasteiger partial charge in [0.2, 0.25) is 0 Å². The topological polar surface area (TPSA) is 57.6 Å². The van der Waals surface area contributed by atoms with Crippen LogP contribution in [-0.4, -0.2) is 35.5 Å². The zero-order valence-corrected chi connectivity index (χ0v) is 11.9. The zero-order chi connectivity index (χ0) is 14.6. The van der Waals surface area contributed by atoms with Gasteiger partial charge in [-0.3, -0.25) is 9.59 Å². The van der Waals surface area contributed by atoms with E-state index in [9.17, 15) is 9.59 Å². The molecular formula is C15H21NO3. The molecule has 4 heteroatoms. The maximum atomic E-state index is 12.1. The van der Waals surface area contributed by atoms with Gasteiger partial charge in [0.05, 0.1) is 6.42 Å². The summed E-state index contributed by atoms with van der Waals surface area (Å²) in [6.07, 6.45) is -0.0394. The summed E-state index contributed by atoms with van der Waals surface area (Å²) in [5.41, 5.74) is 1.80. The Hall–Kier alpha value is -1.84. The molecule has 0 saturated carbocycles. The zero-order valence-electron chi connectivity index (χ0n) is 11.9. The van der Waals surface area contributed by atoms with Crippen LogP contribution in [0, 0.1) is 0 Å². The average molecular weight is 263 g/mol. The molecule has 1 aromatic carbocycles. The van der Waals surface area contributed by atoms with Crippen molar-refractivity contribution in [1.29, 1.82) is 0 Å². The summed E-state index contributed by atoms with van der Waals surface area (Å²) < 4.78 is 0. The fourth-order valence-electron chi connectivity index (χ4n) is 1.70. The molecule has 1 aromatic rings. The number of hydrogen-bond donors (Lipinski definition) is 1. The van der Waals surface area contributed by atoms with Crippen LogP contribution in [0.1, 0.15) is 43.1 Å². The Labute approximate surface area is 114 Å². The first-order chi connectivity index (χ1) is 8.71. The smallest absolute Gasteiger partial charge is 0.305 e. The second-order valence-corrected chi connectivity index (χ2v) is 5.70. The van der Waals surface area contributed by atoms with Crippen LogP contribution in [0.15, 0.2) is 24.3 Å². The van der Waals surface area contributed by atoms with Crippen molar-refractivity contribution in [2.75, 3.05) is 13.6 Å². The number of benzene rings is 1. The maximum Gasteiger partial charge on any atom is 0.305 e. The molecule has 0 heterocycles. The predicted octanol–water partition coefficient (Wildman–Crippen LogP) is 2.53. The van der Waals surface area contributed by atoms with Gasteiger partial charge in [0.1, 0.15) is 0 Å². The van der Waals surface area contributed by atoms with Crippen LogP contribution in [0.2, 0.25) is 0 Å². The molecule has 0 aromatic heterocycles. The molecule has 1 N–H and O–H groups in total. The Morgan fingerprint density at radius 2 is 1.68 bits per heavy atom. The van der Waals surface area contributed by atoms with E-state index in [-0.39, 0.29) is 24.3 Å². The van der Waals surface area contributed by atoms with Crippen molar-refractivity contribution in [2.24, 2.45) is 0 Å². The van der Waals surface area contributed by atoms with Crippen LogP contribution in [-0.2, 0) is 10.2 Å². The van der Waals surface area contributed by atoms with E-state index in [4.69, 9.17) is 5.11 Å². The molecule has 0 bridgehead atoms. The highest BCUT2D eigenvalue weighted by atomic mass is 16.4. The lowest BCUT2D eigenvalue weighted by molar-refractivity contribution is -0.137. The molecule has 0 aliphatic heterocycles. The quantitative estimate of drug-likeness (QED) is 0.908. The molecule has 0 aliphatic carbocycles. The number of carboxylic acid groups (broad SMARTS) is 1. The number of rotatable bonds is 4. The average Bonchev–Trinajstić information content (AvgIpc) is 2.34. The molecule has 1 rings (SSSR count). The van der Waals surface area contributed by atoms with Gasteiger partial charge in [0.15, 0.2) is 0 Å². The minimum absolute atomic E-state index is 0.0394. The molecule has 0 radical (unpaired) electrons. The van der Waals surface area contributed by atoms with Gasteiger partial charge in [0, 0.05) is 19.2 Å². The van der Waals surface area contributed by atoms with E-state index in [0.717, 1.165) is 5.56 Å². The van der Waals surface area contributed by atoms with Gasteiger partial charge in [-0.1, -0.05) is 32.9 Å². The van der Waals surface area contributed by atoms with E-state index in [0.29, 0.717) is 5.56 Å². The predicted molar refractivity (Wildman–Crippen MR) is 74.4 cm³/mol. The van der Waals surface area contributed by atoms with Gasteiger partial charge in [-0.25, -0.2) is 0 Å². The van der Waals surface area contributed by atoms with E-state index in [1.807, 2.05) is 12.1 Å². The second kappa shape index (κ2) is 5.87. The van der Waals surface area contributed by atoms with Crippen molar-refractivity contribution < 1.29 is 14.7 Å². The number of carboxylic acids is 1. The Morgan fingerprint density at radius 3 is 2.11 bits per heavy atom. The Morgan fingerprint density at radius 1 is 1.16 bits per heavy atom. The van der Waals surface area contributed by atoms with Crippen molar-refractivity contribution in [2.45, 2.75) is 32.6 Å². The summed E-state index contributed by atoms with van der Waals surface area (Å²) in [6, 6.07) is 7.47. The highest BCUT2D eigenvalue weighted by Crippen LogP contribution is 2.22. The number of carbonyl (C=O) groups excluding carboxylic acids is 1. The molecule has 19 heavy (non-hydrogen) atoms. The van der Waals surface area contributed by atoms with Crippen molar-refractivity contribution in [1.82, 2.24) is 4.90 Å². The minimum atomic E-state index is -0.900. The van der Waals surface area contributed by atoms with E-state index in [2.05, 4.69) is 20.8 Å². The van der Waals surface area contributed by atoms with Gasteiger partial charge in [0.25, 0.3) is 5.91 Å². The van der Waals surface area contributed by atoms with Crippen molar-refractivity contribution in [3.05, 3.63) is 35.4 Å². The second-order valence-electron chi connectivity index (χ2n) is 5.70. The molecule has 0 unspecified atom stereocenters. The van der Waals surface area contributed by atoms with Crippen LogP contribution in [0.5, 0.6) is 0 Å². The number of amides is 1. The third kappa shape index (κ3) is 4.39. The van der Waals surface area contributed by atoms with Gasteiger partial charge < -0.3 is 10.0 Å². The molecule has 1 amide bonds. The first-order valence-corrected chi connectivity index (χ1v) is 6.29. The summed E-state index contributed by atoms with van der Waals surface area (Å²) >= 11 is 0. The van der Waals surface area contributed by atoms with E-state index >= 15 is 0 Å². The molecular weight excluding hydrogens is 242 g/mol. The van der Waals surface area contributed by atoms with Crippen molar-refractivity contribution >= 4 is 11.9 Å². The van der Waals surface area contributed by atoms with Gasteiger partial charge in [-0.15, -0.1) is 0 Å². The fourth-order valence-corrected chi connectivity index (χ4v) is 1.70. The first-order valence-electron chi connectivity index (χ1n) is 6.29. The normalized spacial score (nSPS) is 11.2. The highest BCUT2D eigenvalue weighted by Gasteiger charge is 2.16. The molecule has 0 atom stereocenters. The van der Waals surface area contributed by atoms with Gasteiger partial charge >= 0.3 is 5.97 Å². The Balaban J connectivity index is 2.75. The van der Waals surface area contributed by atoms with Crippen LogP contribution in [0.4, 0.5) is 0 Å². The lowest BCUT2D eigenvalue weighted by atomic mass is 9.86. The Kier molecular flexibility index (Phi) is 4.70. The minimum Gasteiger partial charge on any atom is -0.481 e. The highest BCUT2D eigenvalue weighted by molar-refractivity contribution is 5.94. The van der Waals surface area contributed by atoms with Crippen LogP contribution in [0.25, 0.3) is 0 Å². The summed E-state index contributed by atoms with van der Waals surface area (Å²) in [6.45, 7) is 6.56. The standard InChI is InChI=1S/C15H21NO3/c1-15(2,3)12-7-5-11(6-8-12)14(19)16(4)10-9-13(17)18/h5-8H,9-10H2,1-4H3,(H,17,18). The van der Waals surface area contributed by atoms with Gasteiger partial charge in [-0.05, 0) is 23.1 Å². The SMILES string of the molecule is CN(CCC(=O)O)C(=O)c1ccc(C(C)(C)C)cc1. The van der Waals surface area contributed by atoms with Crippen molar-refractivity contribution in [3.8, 4) is 0 Å². The summed E-state index contributed by atoms with van der Waals surface area (Å²) in [5.74, 6) is -1.05. The van der Waals surface area contributed by atoms with Crippen molar-refractivity contribution in [3.63, 3.8) is 0 Å². The monoisotopic (exact) mass is 263 g/mol. The van der Waals surface area contributed by atoms with E-state index in [1.165, 1.54) is 4.90 Å². The third-order valence-electron chi connectivity index (χ3n) is 3.01. The summed E-state index contributed by atoms with van der Waals surface area (Å²) in [5, 5.41) is 8.60. The molecule has 0 aliphatic rings. The molecule has 0 fully saturated rings. The maximum absolute atomic E-state index is 12.1. The fraction of sp³-hybridized carbons (Fsp3) is 0.467. The molecule has 4 nitrogen and oxygen atoms in total. The van der Waals surface area contributed by atoms with E-state index < -0.39 is 5.97 Å². The van der Waals surface area contributed by atoms with Crippen LogP contribution in [0.3, 0.4) is 0 Å². The van der Waals surface area contributed by atoms with Crippen LogP contribution < -0.4 is 0 Å². The van der Waals surface area contributed by atoms with Crippen LogP contribution >= 0.6 is 0 Å². The van der Waals surface area contributed by atoms with E-state index in [1.54, 1.807) is 19.2 Å². The molecule has 104 valence electrons. The largest absolute Gasteiger partial charge is 0.481 e. The molecule has 0 saturated heterocycles. The number of aliphatic carboxylic acids is 1. The summed E-state index contributed by atoms with van der Waals surface area (Å²) in [4.78, 5) is 24.0. The number of nitrogens with zero attached hydrogens (tertiary/aromatic N) is 1. The summed E-state index contributed by atoms with van der Waals surface area (Å²) in [7, 11) is 1.61. The third-order valence-corrected chi connectivity index (χ3v) is 3.01. The Bertz CT molecular complexity index is 457.